The van der Waals surface area contributed by atoms with E-state index in [2.05, 4.69) is 10.6 Å². The zero-order valence-electron chi connectivity index (χ0n) is 9.31. The molecule has 2 atom stereocenters. The zero-order valence-corrected chi connectivity index (χ0v) is 13.2. The molecule has 1 aliphatic heterocycles. The van der Waals surface area contributed by atoms with Gasteiger partial charge in [-0.3, -0.25) is 4.79 Å². The third-order valence-corrected chi connectivity index (χ3v) is 2.66. The summed E-state index contributed by atoms with van der Waals surface area (Å²) in [5.74, 6) is -1.10. The third kappa shape index (κ3) is 3.34. The van der Waals surface area contributed by atoms with Gasteiger partial charge in [0.05, 0.1) is 12.1 Å². The Morgan fingerprint density at radius 3 is 2.53 bits per heavy atom. The van der Waals surface area contributed by atoms with Crippen molar-refractivity contribution in [2.45, 2.75) is 6.04 Å². The second kappa shape index (κ2) is 6.59. The number of hydrogen-bond acceptors (Lipinski definition) is 3. The molecular weight excluding hydrogens is 261 g/mol. The molecule has 0 radical (unpaired) electrons. The second-order valence-corrected chi connectivity index (χ2v) is 3.87. The summed E-state index contributed by atoms with van der Waals surface area (Å²) in [7, 11) is 0. The fourth-order valence-corrected chi connectivity index (χ4v) is 1.90. The predicted molar refractivity (Wildman–Crippen MR) is 62.2 cm³/mol. The fraction of sp³-hybridized carbons (Fsp3) is 0.182. The number of nitrogens with one attached hydrogen (secondary N) is 2. The molecule has 2 unspecified atom stereocenters. The van der Waals surface area contributed by atoms with Crippen molar-refractivity contribution in [1.29, 1.82) is 5.26 Å². The normalized spacial score (nSPS) is 22.8. The van der Waals surface area contributed by atoms with E-state index in [1.54, 1.807) is 0 Å². The zero-order chi connectivity index (χ0) is 11.5. The first-order chi connectivity index (χ1) is 7.72. The topological polar surface area (TPSA) is 64.9 Å². The molecule has 0 bridgehead atoms. The molecule has 0 spiro atoms. The molecule has 17 heavy (non-hydrogen) atoms. The van der Waals surface area contributed by atoms with Gasteiger partial charge in [-0.1, -0.05) is 30.3 Å². The van der Waals surface area contributed by atoms with Crippen LogP contribution in [0.25, 0.3) is 0 Å². The van der Waals surface area contributed by atoms with Crippen LogP contribution in [0.5, 0.6) is 0 Å². The number of amides is 1. The Bertz CT molecular complexity index is 471. The van der Waals surface area contributed by atoms with Gasteiger partial charge < -0.3 is 10.6 Å². The molecule has 2 rings (SSSR count). The molecule has 1 aliphatic rings. The smallest absolute Gasteiger partial charge is 0.354 e. The van der Waals surface area contributed by atoms with E-state index in [9.17, 15) is 4.79 Å². The summed E-state index contributed by atoms with van der Waals surface area (Å²) < 4.78 is 0. The molecule has 1 heterocycles. The van der Waals surface area contributed by atoms with E-state index in [1.165, 1.54) is 0 Å². The van der Waals surface area contributed by atoms with Crippen LogP contribution >= 0.6 is 12.2 Å². The first kappa shape index (κ1) is 14.8. The van der Waals surface area contributed by atoms with Crippen LogP contribution in [0.1, 0.15) is 11.6 Å². The summed E-state index contributed by atoms with van der Waals surface area (Å²) in [5.41, 5.74) is 0.881. The summed E-state index contributed by atoms with van der Waals surface area (Å²) in [5, 5.41) is 14.6. The van der Waals surface area contributed by atoms with Crippen molar-refractivity contribution < 1.29 is 56.2 Å². The van der Waals surface area contributed by atoms with Crippen LogP contribution in [0.2, 0.25) is 0 Å². The molecule has 0 aliphatic carbocycles. The maximum Gasteiger partial charge on any atom is 1.00 e. The van der Waals surface area contributed by atoms with E-state index in [0.717, 1.165) is 5.56 Å². The van der Waals surface area contributed by atoms with Gasteiger partial charge in [-0.2, -0.15) is 5.26 Å². The first-order valence-corrected chi connectivity index (χ1v) is 5.19. The van der Waals surface area contributed by atoms with Crippen LogP contribution in [0.15, 0.2) is 30.3 Å². The number of nitrogens with zero attached hydrogens (tertiary/aromatic N) is 1. The summed E-state index contributed by atoms with van der Waals surface area (Å²) >= 11 is 4.91. The molecule has 1 fully saturated rings. The fourth-order valence-electron chi connectivity index (χ4n) is 1.67. The minimum atomic E-state index is -0.755. The Labute approximate surface area is 147 Å². The van der Waals surface area contributed by atoms with Crippen LogP contribution in [-0.2, 0) is 4.79 Å². The standard InChI is InChI=1S/C11H9N3OS.K/c12-6-8-9(7-4-2-1-3-5-7)13-11(16)14-10(8)15;/h1-5,8-9H,(H2,13,14,15,16);/q;+1. The minimum absolute atomic E-state index is 0. The van der Waals surface area contributed by atoms with E-state index in [0.29, 0.717) is 0 Å². The van der Waals surface area contributed by atoms with Gasteiger partial charge in [-0.25, -0.2) is 0 Å². The van der Waals surface area contributed by atoms with Crippen molar-refractivity contribution in [2.24, 2.45) is 5.92 Å². The van der Waals surface area contributed by atoms with Gasteiger partial charge in [0.1, 0.15) is 5.92 Å². The summed E-state index contributed by atoms with van der Waals surface area (Å²) in [6.07, 6.45) is 0. The van der Waals surface area contributed by atoms with Gasteiger partial charge in [0.15, 0.2) is 5.11 Å². The van der Waals surface area contributed by atoms with Gasteiger partial charge in [-0.15, -0.1) is 0 Å². The van der Waals surface area contributed by atoms with Crippen molar-refractivity contribution >= 4 is 23.2 Å². The van der Waals surface area contributed by atoms with E-state index in [1.807, 2.05) is 36.4 Å². The number of benzene rings is 1. The molecule has 1 aromatic carbocycles. The molecular formula is C11H9KN3OS+. The Kier molecular flexibility index (Phi) is 5.72. The number of carbonyl (C=O) groups excluding carboxylic acids is 1. The van der Waals surface area contributed by atoms with Gasteiger partial charge in [0, 0.05) is 0 Å². The molecule has 1 amide bonds. The van der Waals surface area contributed by atoms with Gasteiger partial charge in [0.25, 0.3) is 0 Å². The van der Waals surface area contributed by atoms with Crippen molar-refractivity contribution in [3.63, 3.8) is 0 Å². The van der Waals surface area contributed by atoms with Gasteiger partial charge in [-0.05, 0) is 17.8 Å². The molecule has 6 heteroatoms. The molecule has 0 aromatic heterocycles. The van der Waals surface area contributed by atoms with Crippen LogP contribution in [-0.4, -0.2) is 11.0 Å². The number of thiocarbonyl (C=S) groups is 1. The van der Waals surface area contributed by atoms with E-state index in [-0.39, 0.29) is 68.4 Å². The second-order valence-electron chi connectivity index (χ2n) is 3.46. The third-order valence-electron chi connectivity index (χ3n) is 2.44. The Morgan fingerprint density at radius 2 is 1.94 bits per heavy atom. The van der Waals surface area contributed by atoms with Crippen molar-refractivity contribution in [3.05, 3.63) is 35.9 Å². The first-order valence-electron chi connectivity index (χ1n) is 4.78. The van der Waals surface area contributed by atoms with Gasteiger partial charge in [0.2, 0.25) is 5.91 Å². The minimum Gasteiger partial charge on any atom is -0.354 e. The van der Waals surface area contributed by atoms with E-state index < -0.39 is 5.92 Å². The van der Waals surface area contributed by atoms with Crippen LogP contribution in [0.4, 0.5) is 0 Å². The quantitative estimate of drug-likeness (QED) is 0.452. The molecule has 2 N–H and O–H groups in total. The number of carbonyl (C=O) groups is 1. The summed E-state index contributed by atoms with van der Waals surface area (Å²) in [6, 6.07) is 11.0. The summed E-state index contributed by atoms with van der Waals surface area (Å²) in [6.45, 7) is 0. The SMILES string of the molecule is N#CC1C(=O)NC(=S)NC1c1ccccc1.[K+]. The average Bonchev–Trinajstić information content (AvgIpc) is 2.29. The van der Waals surface area contributed by atoms with Crippen molar-refractivity contribution in [3.8, 4) is 6.07 Å². The molecule has 80 valence electrons. The molecule has 1 saturated heterocycles. The van der Waals surface area contributed by atoms with Crippen LogP contribution in [0.3, 0.4) is 0 Å². The maximum absolute atomic E-state index is 11.6. The largest absolute Gasteiger partial charge is 1.00 e. The number of rotatable bonds is 1. The monoisotopic (exact) mass is 270 g/mol. The number of hydrogen-bond donors (Lipinski definition) is 2. The van der Waals surface area contributed by atoms with E-state index >= 15 is 0 Å². The maximum atomic E-state index is 11.6. The molecule has 1 aromatic rings. The Hall–Kier alpha value is -0.294. The van der Waals surface area contributed by atoms with Crippen LogP contribution < -0.4 is 62.0 Å². The Morgan fingerprint density at radius 1 is 1.29 bits per heavy atom. The summed E-state index contributed by atoms with van der Waals surface area (Å²) in [4.78, 5) is 11.6. The van der Waals surface area contributed by atoms with Crippen molar-refractivity contribution in [1.82, 2.24) is 10.6 Å². The Balaban J connectivity index is 0.00000144. The van der Waals surface area contributed by atoms with Gasteiger partial charge >= 0.3 is 51.4 Å². The average molecular weight is 270 g/mol. The van der Waals surface area contributed by atoms with E-state index in [4.69, 9.17) is 17.5 Å². The predicted octanol–water partition coefficient (Wildman–Crippen LogP) is -2.12. The van der Waals surface area contributed by atoms with Crippen LogP contribution in [0, 0.1) is 17.2 Å². The molecule has 0 saturated carbocycles. The van der Waals surface area contributed by atoms with Crippen molar-refractivity contribution in [2.75, 3.05) is 0 Å². The molecule has 4 nitrogen and oxygen atoms in total. The number of nitriles is 1.